The molecule has 0 spiro atoms. The highest BCUT2D eigenvalue weighted by Gasteiger charge is 2.08. The summed E-state index contributed by atoms with van der Waals surface area (Å²) in [4.78, 5) is 14.7. The Hall–Kier alpha value is -2.01. The van der Waals surface area contributed by atoms with Crippen molar-refractivity contribution >= 4 is 23.2 Å². The number of rotatable bonds is 2. The summed E-state index contributed by atoms with van der Waals surface area (Å²) in [7, 11) is 0. The number of carbonyl (C=O) groups excluding carboxylic acids is 1. The fourth-order valence-electron chi connectivity index (χ4n) is 1.31. The normalized spacial score (nSPS) is 10.3. The second-order valence-electron chi connectivity index (χ2n) is 3.24. The molecule has 2 rings (SSSR count). The Kier molecular flexibility index (Phi) is 2.54. The van der Waals surface area contributed by atoms with Crippen LogP contribution in [0.4, 0.5) is 5.69 Å². The van der Waals surface area contributed by atoms with E-state index < -0.39 is 5.91 Å². The van der Waals surface area contributed by atoms with Crippen LogP contribution in [0, 0.1) is 0 Å². The third-order valence-corrected chi connectivity index (χ3v) is 2.40. The van der Waals surface area contributed by atoms with E-state index >= 15 is 0 Å². The van der Waals surface area contributed by atoms with Crippen molar-refractivity contribution in [2.24, 2.45) is 5.73 Å². The number of imidazole rings is 1. The van der Waals surface area contributed by atoms with Gasteiger partial charge in [-0.2, -0.15) is 0 Å². The summed E-state index contributed by atoms with van der Waals surface area (Å²) in [6.07, 6.45) is 2.96. The van der Waals surface area contributed by atoms with Gasteiger partial charge in [-0.05, 0) is 18.2 Å². The average molecular weight is 237 g/mol. The van der Waals surface area contributed by atoms with E-state index in [1.54, 1.807) is 22.8 Å². The molecule has 4 N–H and O–H groups in total. The van der Waals surface area contributed by atoms with Crippen molar-refractivity contribution in [1.29, 1.82) is 0 Å². The van der Waals surface area contributed by atoms with E-state index in [0.29, 0.717) is 16.4 Å². The molecule has 1 heterocycles. The first-order chi connectivity index (χ1) is 7.58. The number of nitrogens with zero attached hydrogens (tertiary/aromatic N) is 2. The van der Waals surface area contributed by atoms with Crippen LogP contribution in [0.2, 0.25) is 5.02 Å². The van der Waals surface area contributed by atoms with Gasteiger partial charge in [-0.3, -0.25) is 4.79 Å². The zero-order chi connectivity index (χ0) is 11.7. The highest BCUT2D eigenvalue weighted by Crippen LogP contribution is 2.22. The van der Waals surface area contributed by atoms with Gasteiger partial charge in [0.1, 0.15) is 12.0 Å². The number of aromatic nitrogens is 2. The minimum atomic E-state index is -0.584. The van der Waals surface area contributed by atoms with E-state index in [4.69, 9.17) is 23.1 Å². The molecule has 0 fully saturated rings. The standard InChI is InChI=1S/C10H9ClN4O/c11-7-2-1-6(12)3-9(7)15-4-8(10(13)16)14-5-15/h1-5H,12H2,(H2,13,16). The Balaban J connectivity index is 2.50. The summed E-state index contributed by atoms with van der Waals surface area (Å²) in [5, 5.41) is 0.516. The number of benzene rings is 1. The van der Waals surface area contributed by atoms with Crippen LogP contribution in [-0.2, 0) is 0 Å². The molecule has 16 heavy (non-hydrogen) atoms. The minimum Gasteiger partial charge on any atom is -0.399 e. The maximum absolute atomic E-state index is 10.9. The summed E-state index contributed by atoms with van der Waals surface area (Å²) in [6, 6.07) is 5.06. The summed E-state index contributed by atoms with van der Waals surface area (Å²) >= 11 is 6.00. The number of nitrogens with two attached hydrogens (primary N) is 2. The number of hydrogen-bond donors (Lipinski definition) is 2. The van der Waals surface area contributed by atoms with Crippen molar-refractivity contribution < 1.29 is 4.79 Å². The van der Waals surface area contributed by atoms with Crippen LogP contribution in [0.5, 0.6) is 0 Å². The SMILES string of the molecule is NC(=O)c1cn(-c2cc(N)ccc2Cl)cn1. The number of anilines is 1. The van der Waals surface area contributed by atoms with Gasteiger partial charge >= 0.3 is 0 Å². The molecule has 0 aliphatic carbocycles. The van der Waals surface area contributed by atoms with Crippen LogP contribution >= 0.6 is 11.6 Å². The Labute approximate surface area is 96.6 Å². The molecule has 1 aromatic heterocycles. The van der Waals surface area contributed by atoms with Crippen LogP contribution in [-0.4, -0.2) is 15.5 Å². The highest BCUT2D eigenvalue weighted by atomic mass is 35.5. The summed E-state index contributed by atoms with van der Waals surface area (Å²) in [5.74, 6) is -0.584. The molecule has 0 radical (unpaired) electrons. The van der Waals surface area contributed by atoms with E-state index in [2.05, 4.69) is 4.98 Å². The lowest BCUT2D eigenvalue weighted by Crippen LogP contribution is -2.11. The molecule has 0 saturated carbocycles. The van der Waals surface area contributed by atoms with Crippen molar-refractivity contribution in [1.82, 2.24) is 9.55 Å². The highest BCUT2D eigenvalue weighted by molar-refractivity contribution is 6.32. The quantitative estimate of drug-likeness (QED) is 0.769. The van der Waals surface area contributed by atoms with E-state index in [1.807, 2.05) is 0 Å². The van der Waals surface area contributed by atoms with Crippen molar-refractivity contribution in [2.45, 2.75) is 0 Å². The van der Waals surface area contributed by atoms with Gasteiger partial charge in [-0.1, -0.05) is 11.6 Å². The van der Waals surface area contributed by atoms with Gasteiger partial charge in [0.2, 0.25) is 0 Å². The van der Waals surface area contributed by atoms with Gasteiger partial charge in [0, 0.05) is 11.9 Å². The largest absolute Gasteiger partial charge is 0.399 e. The van der Waals surface area contributed by atoms with Crippen molar-refractivity contribution in [2.75, 3.05) is 5.73 Å². The van der Waals surface area contributed by atoms with Gasteiger partial charge in [0.05, 0.1) is 10.7 Å². The summed E-state index contributed by atoms with van der Waals surface area (Å²) in [5.41, 5.74) is 12.2. The smallest absolute Gasteiger partial charge is 0.268 e. The molecule has 0 aliphatic heterocycles. The zero-order valence-corrected chi connectivity index (χ0v) is 8.98. The predicted molar refractivity (Wildman–Crippen MR) is 61.5 cm³/mol. The minimum absolute atomic E-state index is 0.179. The molecule has 0 aliphatic rings. The first-order valence-electron chi connectivity index (χ1n) is 4.47. The molecule has 2 aromatic rings. The number of nitrogen functional groups attached to an aromatic ring is 1. The lowest BCUT2D eigenvalue weighted by Gasteiger charge is -2.05. The maximum Gasteiger partial charge on any atom is 0.268 e. The average Bonchev–Trinajstić information content (AvgIpc) is 2.70. The molecule has 0 atom stereocenters. The third-order valence-electron chi connectivity index (χ3n) is 2.08. The molecule has 0 unspecified atom stereocenters. The van der Waals surface area contributed by atoms with Gasteiger partial charge in [0.15, 0.2) is 0 Å². The molecule has 0 bridgehead atoms. The Morgan fingerprint density at radius 3 is 2.81 bits per heavy atom. The van der Waals surface area contributed by atoms with Crippen LogP contribution in [0.1, 0.15) is 10.5 Å². The van der Waals surface area contributed by atoms with E-state index in [-0.39, 0.29) is 5.69 Å². The van der Waals surface area contributed by atoms with Gasteiger partial charge in [-0.25, -0.2) is 4.98 Å². The lowest BCUT2D eigenvalue weighted by atomic mass is 10.3. The van der Waals surface area contributed by atoms with E-state index in [1.165, 1.54) is 12.5 Å². The van der Waals surface area contributed by atoms with Gasteiger partial charge < -0.3 is 16.0 Å². The summed E-state index contributed by atoms with van der Waals surface area (Å²) < 4.78 is 1.60. The third kappa shape index (κ3) is 1.85. The van der Waals surface area contributed by atoms with Crippen LogP contribution < -0.4 is 11.5 Å². The fraction of sp³-hybridized carbons (Fsp3) is 0. The summed E-state index contributed by atoms with van der Waals surface area (Å²) in [6.45, 7) is 0. The Morgan fingerprint density at radius 2 is 2.19 bits per heavy atom. The molecule has 82 valence electrons. The molecule has 6 heteroatoms. The predicted octanol–water partition coefficient (Wildman–Crippen LogP) is 1.21. The lowest BCUT2D eigenvalue weighted by molar-refractivity contribution is 0.0996. The number of primary amides is 1. The maximum atomic E-state index is 10.9. The van der Waals surface area contributed by atoms with Gasteiger partial charge in [-0.15, -0.1) is 0 Å². The van der Waals surface area contributed by atoms with Crippen molar-refractivity contribution in [3.05, 3.63) is 41.4 Å². The van der Waals surface area contributed by atoms with Crippen molar-refractivity contribution in [3.8, 4) is 5.69 Å². The van der Waals surface area contributed by atoms with E-state index in [0.717, 1.165) is 0 Å². The molecule has 5 nitrogen and oxygen atoms in total. The molecule has 1 aromatic carbocycles. The van der Waals surface area contributed by atoms with Crippen LogP contribution in [0.15, 0.2) is 30.7 Å². The van der Waals surface area contributed by atoms with Gasteiger partial charge in [0.25, 0.3) is 5.91 Å². The number of carbonyl (C=O) groups is 1. The molecule has 1 amide bonds. The van der Waals surface area contributed by atoms with Crippen LogP contribution in [0.3, 0.4) is 0 Å². The zero-order valence-electron chi connectivity index (χ0n) is 8.22. The molecular weight excluding hydrogens is 228 g/mol. The first kappa shape index (κ1) is 10.5. The number of halogens is 1. The number of amides is 1. The van der Waals surface area contributed by atoms with Crippen molar-refractivity contribution in [3.63, 3.8) is 0 Å². The second kappa shape index (κ2) is 3.86. The monoisotopic (exact) mass is 236 g/mol. The first-order valence-corrected chi connectivity index (χ1v) is 4.85. The Morgan fingerprint density at radius 1 is 1.44 bits per heavy atom. The van der Waals surface area contributed by atoms with E-state index in [9.17, 15) is 4.79 Å². The molecular formula is C10H9ClN4O. The van der Waals surface area contributed by atoms with Crippen LogP contribution in [0.25, 0.3) is 5.69 Å². The molecule has 0 saturated heterocycles. The topological polar surface area (TPSA) is 86.9 Å². The number of hydrogen-bond acceptors (Lipinski definition) is 3. The fourth-order valence-corrected chi connectivity index (χ4v) is 1.52. The Bertz CT molecular complexity index is 550. The second-order valence-corrected chi connectivity index (χ2v) is 3.65.